The van der Waals surface area contributed by atoms with Crippen molar-refractivity contribution in [2.24, 2.45) is 5.92 Å². The SMILES string of the molecule is CC(C)CNC(=O)COc1ccc2c(c1)CCC2=O. The Morgan fingerprint density at radius 2 is 2.16 bits per heavy atom. The number of ketones is 1. The Bertz CT molecular complexity index is 494. The van der Waals surface area contributed by atoms with Crippen LogP contribution in [0.2, 0.25) is 0 Å². The first-order chi connectivity index (χ1) is 9.06. The predicted octanol–water partition coefficient (Wildman–Crippen LogP) is 1.97. The molecule has 0 unspecified atom stereocenters. The molecule has 1 aromatic rings. The van der Waals surface area contributed by atoms with E-state index in [0.717, 1.165) is 17.5 Å². The molecule has 1 amide bonds. The Kier molecular flexibility index (Phi) is 4.20. The van der Waals surface area contributed by atoms with Crippen molar-refractivity contribution in [2.75, 3.05) is 13.2 Å². The molecule has 1 aromatic carbocycles. The highest BCUT2D eigenvalue weighted by Crippen LogP contribution is 2.25. The number of ether oxygens (including phenoxy) is 1. The van der Waals surface area contributed by atoms with E-state index in [-0.39, 0.29) is 18.3 Å². The summed E-state index contributed by atoms with van der Waals surface area (Å²) in [6.07, 6.45) is 1.35. The smallest absolute Gasteiger partial charge is 0.257 e. The molecule has 1 aliphatic rings. The topological polar surface area (TPSA) is 55.4 Å². The number of fused-ring (bicyclic) bond motifs is 1. The van der Waals surface area contributed by atoms with Gasteiger partial charge in [-0.25, -0.2) is 0 Å². The monoisotopic (exact) mass is 261 g/mol. The van der Waals surface area contributed by atoms with E-state index in [1.807, 2.05) is 19.9 Å². The van der Waals surface area contributed by atoms with Crippen LogP contribution in [0, 0.1) is 5.92 Å². The molecule has 0 spiro atoms. The summed E-state index contributed by atoms with van der Waals surface area (Å²) in [5.74, 6) is 1.14. The molecule has 19 heavy (non-hydrogen) atoms. The average Bonchev–Trinajstić information content (AvgIpc) is 2.75. The van der Waals surface area contributed by atoms with Crippen LogP contribution < -0.4 is 10.1 Å². The summed E-state index contributed by atoms with van der Waals surface area (Å²) in [6.45, 7) is 4.75. The number of hydrogen-bond acceptors (Lipinski definition) is 3. The summed E-state index contributed by atoms with van der Waals surface area (Å²) in [4.78, 5) is 23.0. The quantitative estimate of drug-likeness (QED) is 0.881. The van der Waals surface area contributed by atoms with E-state index in [9.17, 15) is 9.59 Å². The fraction of sp³-hybridized carbons (Fsp3) is 0.467. The number of Topliss-reactive ketones (excluding diaryl/α,β-unsaturated/α-hetero) is 1. The van der Waals surface area contributed by atoms with Crippen molar-refractivity contribution in [1.82, 2.24) is 5.32 Å². The number of amides is 1. The molecule has 0 fully saturated rings. The van der Waals surface area contributed by atoms with Crippen LogP contribution in [0.4, 0.5) is 0 Å². The van der Waals surface area contributed by atoms with Crippen LogP contribution in [0.25, 0.3) is 0 Å². The lowest BCUT2D eigenvalue weighted by Gasteiger charge is -2.09. The normalized spacial score (nSPS) is 13.5. The zero-order valence-corrected chi connectivity index (χ0v) is 11.4. The zero-order valence-electron chi connectivity index (χ0n) is 11.4. The van der Waals surface area contributed by atoms with Gasteiger partial charge in [0.2, 0.25) is 0 Å². The van der Waals surface area contributed by atoms with Crippen LogP contribution in [-0.2, 0) is 11.2 Å². The van der Waals surface area contributed by atoms with Crippen molar-refractivity contribution in [3.63, 3.8) is 0 Å². The fourth-order valence-electron chi connectivity index (χ4n) is 2.04. The van der Waals surface area contributed by atoms with Crippen LogP contribution in [0.3, 0.4) is 0 Å². The first-order valence-corrected chi connectivity index (χ1v) is 6.62. The van der Waals surface area contributed by atoms with Crippen LogP contribution in [0.1, 0.15) is 36.2 Å². The van der Waals surface area contributed by atoms with Gasteiger partial charge in [0.05, 0.1) is 0 Å². The second-order valence-corrected chi connectivity index (χ2v) is 5.23. The minimum Gasteiger partial charge on any atom is -0.484 e. The molecule has 4 heteroatoms. The number of hydrogen-bond donors (Lipinski definition) is 1. The zero-order chi connectivity index (χ0) is 13.8. The average molecular weight is 261 g/mol. The number of carbonyl (C=O) groups is 2. The number of carbonyl (C=O) groups excluding carboxylic acids is 2. The number of rotatable bonds is 5. The maximum absolute atomic E-state index is 11.5. The third kappa shape index (κ3) is 3.56. The summed E-state index contributed by atoms with van der Waals surface area (Å²) in [6, 6.07) is 5.39. The third-order valence-corrected chi connectivity index (χ3v) is 3.08. The van der Waals surface area contributed by atoms with E-state index < -0.39 is 0 Å². The van der Waals surface area contributed by atoms with Gasteiger partial charge in [0.1, 0.15) is 5.75 Å². The minimum absolute atomic E-state index is 0.0133. The molecule has 0 saturated carbocycles. The lowest BCUT2D eigenvalue weighted by Crippen LogP contribution is -2.31. The summed E-state index contributed by atoms with van der Waals surface area (Å²) in [5, 5.41) is 2.79. The summed E-state index contributed by atoms with van der Waals surface area (Å²) < 4.78 is 5.44. The molecule has 0 aliphatic heterocycles. The molecule has 1 N–H and O–H groups in total. The van der Waals surface area contributed by atoms with Gasteiger partial charge in [-0.2, -0.15) is 0 Å². The van der Waals surface area contributed by atoms with Gasteiger partial charge in [0, 0.05) is 18.5 Å². The van der Waals surface area contributed by atoms with Crippen molar-refractivity contribution in [3.05, 3.63) is 29.3 Å². The van der Waals surface area contributed by atoms with Crippen molar-refractivity contribution in [1.29, 1.82) is 0 Å². The van der Waals surface area contributed by atoms with Crippen molar-refractivity contribution < 1.29 is 14.3 Å². The van der Waals surface area contributed by atoms with E-state index in [0.29, 0.717) is 24.6 Å². The molecule has 2 rings (SSSR count). The van der Waals surface area contributed by atoms with E-state index in [4.69, 9.17) is 4.74 Å². The summed E-state index contributed by atoms with van der Waals surface area (Å²) in [7, 11) is 0. The van der Waals surface area contributed by atoms with Gasteiger partial charge in [-0.3, -0.25) is 9.59 Å². The molecular weight excluding hydrogens is 242 g/mol. The lowest BCUT2D eigenvalue weighted by molar-refractivity contribution is -0.123. The summed E-state index contributed by atoms with van der Waals surface area (Å²) in [5.41, 5.74) is 1.81. The standard InChI is InChI=1S/C15H19NO3/c1-10(2)8-16-15(18)9-19-12-4-5-13-11(7-12)3-6-14(13)17/h4-5,7,10H,3,6,8-9H2,1-2H3,(H,16,18). The molecule has 0 heterocycles. The lowest BCUT2D eigenvalue weighted by atomic mass is 10.1. The Morgan fingerprint density at radius 1 is 1.37 bits per heavy atom. The summed E-state index contributed by atoms with van der Waals surface area (Å²) >= 11 is 0. The molecule has 102 valence electrons. The van der Waals surface area contributed by atoms with E-state index in [2.05, 4.69) is 5.32 Å². The molecule has 0 aromatic heterocycles. The molecule has 0 saturated heterocycles. The van der Waals surface area contributed by atoms with Gasteiger partial charge in [-0.05, 0) is 36.1 Å². The Balaban J connectivity index is 1.87. The van der Waals surface area contributed by atoms with Crippen LogP contribution in [0.5, 0.6) is 5.75 Å². The fourth-order valence-corrected chi connectivity index (χ4v) is 2.04. The van der Waals surface area contributed by atoms with Crippen molar-refractivity contribution >= 4 is 11.7 Å². The molecule has 1 aliphatic carbocycles. The molecule has 0 radical (unpaired) electrons. The maximum Gasteiger partial charge on any atom is 0.257 e. The molecule has 0 bridgehead atoms. The van der Waals surface area contributed by atoms with Gasteiger partial charge in [-0.15, -0.1) is 0 Å². The first-order valence-electron chi connectivity index (χ1n) is 6.62. The second kappa shape index (κ2) is 5.87. The van der Waals surface area contributed by atoms with Gasteiger partial charge in [0.25, 0.3) is 5.91 Å². The van der Waals surface area contributed by atoms with E-state index in [1.165, 1.54) is 0 Å². The highest BCUT2D eigenvalue weighted by molar-refractivity contribution is 6.00. The van der Waals surface area contributed by atoms with E-state index in [1.54, 1.807) is 12.1 Å². The maximum atomic E-state index is 11.5. The number of nitrogens with one attached hydrogen (secondary N) is 1. The van der Waals surface area contributed by atoms with Gasteiger partial charge >= 0.3 is 0 Å². The Morgan fingerprint density at radius 3 is 2.89 bits per heavy atom. The van der Waals surface area contributed by atoms with Crippen LogP contribution in [0.15, 0.2) is 18.2 Å². The van der Waals surface area contributed by atoms with Gasteiger partial charge in [0.15, 0.2) is 12.4 Å². The molecule has 4 nitrogen and oxygen atoms in total. The van der Waals surface area contributed by atoms with Gasteiger partial charge < -0.3 is 10.1 Å². The first kappa shape index (κ1) is 13.6. The largest absolute Gasteiger partial charge is 0.484 e. The Hall–Kier alpha value is -1.84. The van der Waals surface area contributed by atoms with Crippen molar-refractivity contribution in [3.8, 4) is 5.75 Å². The molecular formula is C15H19NO3. The predicted molar refractivity (Wildman–Crippen MR) is 72.4 cm³/mol. The number of aryl methyl sites for hydroxylation is 1. The number of benzene rings is 1. The molecule has 0 atom stereocenters. The van der Waals surface area contributed by atoms with E-state index >= 15 is 0 Å². The van der Waals surface area contributed by atoms with Crippen LogP contribution in [-0.4, -0.2) is 24.8 Å². The highest BCUT2D eigenvalue weighted by atomic mass is 16.5. The second-order valence-electron chi connectivity index (χ2n) is 5.23. The van der Waals surface area contributed by atoms with Gasteiger partial charge in [-0.1, -0.05) is 13.8 Å². The van der Waals surface area contributed by atoms with Crippen LogP contribution >= 0.6 is 0 Å². The third-order valence-electron chi connectivity index (χ3n) is 3.08. The minimum atomic E-state index is -0.120. The van der Waals surface area contributed by atoms with Crippen molar-refractivity contribution in [2.45, 2.75) is 26.7 Å². The Labute approximate surface area is 113 Å². The highest BCUT2D eigenvalue weighted by Gasteiger charge is 2.19.